The van der Waals surface area contributed by atoms with Crippen molar-refractivity contribution in [2.24, 2.45) is 11.3 Å². The molecule has 2 aromatic carbocycles. The number of Topliss-reactive ketones (excluding diaryl/α,β-unsaturated/α-hetero) is 2. The molecule has 7 nitrogen and oxygen atoms in total. The van der Waals surface area contributed by atoms with Crippen LogP contribution in [0.15, 0.2) is 36.4 Å². The van der Waals surface area contributed by atoms with Crippen LogP contribution in [0.2, 0.25) is 0 Å². The van der Waals surface area contributed by atoms with Crippen LogP contribution in [-0.4, -0.2) is 45.2 Å². The Kier molecular flexibility index (Phi) is 8.84. The van der Waals surface area contributed by atoms with E-state index in [4.69, 9.17) is 18.9 Å². The Morgan fingerprint density at radius 3 is 1.50 bits per heavy atom. The molecule has 0 aliphatic carbocycles. The van der Waals surface area contributed by atoms with Gasteiger partial charge in [-0.15, -0.1) is 0 Å². The van der Waals surface area contributed by atoms with Crippen LogP contribution >= 0.6 is 8.46 Å². The SMILES string of the molecule is COc1ccc(C(=O)C(P=O)(C(=O)c2ccc(OC)cc2OC)C(C)CC(C)(C)C)c(OC)c1. The second-order valence-corrected chi connectivity index (χ2v) is 10.2. The molecule has 0 spiro atoms. The Hall–Kier alpha value is -2.92. The first kappa shape index (κ1) is 27.3. The number of hydrogen-bond donors (Lipinski definition) is 0. The van der Waals surface area contributed by atoms with Crippen molar-refractivity contribution in [3.05, 3.63) is 47.5 Å². The standard InChI is InChI=1S/C26H33O7P/c1-16(15-25(2,3)4)26(34-29,23(27)19-11-9-17(30-5)13-21(19)32-7)24(28)20-12-10-18(31-6)14-22(20)33-8/h9-14,16H,15H2,1-8H3. The van der Waals surface area contributed by atoms with Crippen molar-refractivity contribution in [1.82, 2.24) is 0 Å². The molecular formula is C26H33O7P. The van der Waals surface area contributed by atoms with Crippen molar-refractivity contribution in [3.63, 3.8) is 0 Å². The number of rotatable bonds is 11. The van der Waals surface area contributed by atoms with Crippen LogP contribution in [0.25, 0.3) is 0 Å². The maximum atomic E-state index is 14.1. The van der Waals surface area contributed by atoms with E-state index in [1.54, 1.807) is 31.2 Å². The van der Waals surface area contributed by atoms with Crippen LogP contribution in [0.1, 0.15) is 54.8 Å². The molecule has 0 N–H and O–H groups in total. The lowest BCUT2D eigenvalue weighted by Crippen LogP contribution is -2.48. The summed E-state index contributed by atoms with van der Waals surface area (Å²) >= 11 is 0. The molecule has 0 heterocycles. The van der Waals surface area contributed by atoms with Gasteiger partial charge in [0.1, 0.15) is 23.0 Å². The van der Waals surface area contributed by atoms with Crippen molar-refractivity contribution in [2.75, 3.05) is 28.4 Å². The quantitative estimate of drug-likeness (QED) is 0.221. The molecule has 0 aliphatic rings. The molecule has 1 unspecified atom stereocenters. The molecule has 184 valence electrons. The normalized spacial score (nSPS) is 12.7. The molecule has 0 aromatic heterocycles. The van der Waals surface area contributed by atoms with Gasteiger partial charge in [0.15, 0.2) is 25.2 Å². The summed E-state index contributed by atoms with van der Waals surface area (Å²) in [5.41, 5.74) is 0.0608. The molecule has 0 radical (unpaired) electrons. The smallest absolute Gasteiger partial charge is 0.192 e. The third-order valence-corrected chi connectivity index (χ3v) is 6.91. The van der Waals surface area contributed by atoms with E-state index < -0.39 is 31.1 Å². The first-order valence-corrected chi connectivity index (χ1v) is 11.7. The minimum atomic E-state index is -1.91. The molecule has 0 saturated heterocycles. The third kappa shape index (κ3) is 5.41. The van der Waals surface area contributed by atoms with Crippen LogP contribution in [0, 0.1) is 11.3 Å². The van der Waals surface area contributed by atoms with Crippen molar-refractivity contribution in [3.8, 4) is 23.0 Å². The molecule has 0 fully saturated rings. The van der Waals surface area contributed by atoms with Crippen LogP contribution < -0.4 is 18.9 Å². The molecule has 8 heteroatoms. The largest absolute Gasteiger partial charge is 0.497 e. The summed E-state index contributed by atoms with van der Waals surface area (Å²) in [5.74, 6) is -0.323. The lowest BCUT2D eigenvalue weighted by atomic mass is 9.73. The van der Waals surface area contributed by atoms with E-state index in [0.29, 0.717) is 17.9 Å². The Morgan fingerprint density at radius 1 is 0.794 bits per heavy atom. The van der Waals surface area contributed by atoms with Gasteiger partial charge in [-0.3, -0.25) is 14.2 Å². The number of hydrogen-bond acceptors (Lipinski definition) is 7. The minimum absolute atomic E-state index is 0.147. The average molecular weight is 489 g/mol. The predicted octanol–water partition coefficient (Wildman–Crippen LogP) is 5.89. The van der Waals surface area contributed by atoms with Crippen molar-refractivity contribution in [1.29, 1.82) is 0 Å². The summed E-state index contributed by atoms with van der Waals surface area (Å²) in [6.07, 6.45) is 0.469. The molecular weight excluding hydrogens is 455 g/mol. The van der Waals surface area contributed by atoms with E-state index in [1.165, 1.54) is 40.6 Å². The molecule has 0 aliphatic heterocycles. The van der Waals surface area contributed by atoms with E-state index in [9.17, 15) is 14.2 Å². The second kappa shape index (κ2) is 11.0. The highest BCUT2D eigenvalue weighted by atomic mass is 31.1. The molecule has 0 bridgehead atoms. The van der Waals surface area contributed by atoms with Crippen molar-refractivity contribution < 1.29 is 33.1 Å². The van der Waals surface area contributed by atoms with Crippen molar-refractivity contribution >= 4 is 20.0 Å². The summed E-state index contributed by atoms with van der Waals surface area (Å²) in [7, 11) is 5.24. The van der Waals surface area contributed by atoms with Gasteiger partial charge in [0.2, 0.25) is 0 Å². The lowest BCUT2D eigenvalue weighted by Gasteiger charge is -2.35. The fourth-order valence-electron chi connectivity index (χ4n) is 4.17. The first-order valence-electron chi connectivity index (χ1n) is 10.9. The first-order chi connectivity index (χ1) is 16.0. The Labute approximate surface area is 202 Å². The van der Waals surface area contributed by atoms with Gasteiger partial charge in [0.25, 0.3) is 0 Å². The van der Waals surface area contributed by atoms with Crippen LogP contribution in [-0.2, 0) is 4.57 Å². The zero-order chi connectivity index (χ0) is 25.7. The Balaban J connectivity index is 2.79. The van der Waals surface area contributed by atoms with E-state index >= 15 is 0 Å². The molecule has 0 amide bonds. The van der Waals surface area contributed by atoms with Gasteiger partial charge in [-0.2, -0.15) is 0 Å². The topological polar surface area (TPSA) is 88.1 Å². The van der Waals surface area contributed by atoms with Gasteiger partial charge >= 0.3 is 0 Å². The number of ketones is 2. The fourth-order valence-corrected chi connectivity index (χ4v) is 4.85. The maximum Gasteiger partial charge on any atom is 0.192 e. The number of methoxy groups -OCH3 is 4. The summed E-state index contributed by atoms with van der Waals surface area (Å²) in [6.45, 7) is 7.80. The molecule has 2 aromatic rings. The van der Waals surface area contributed by atoms with Gasteiger partial charge in [0.05, 0.1) is 39.6 Å². The Bertz CT molecular complexity index is 988. The highest BCUT2D eigenvalue weighted by Gasteiger charge is 2.54. The third-order valence-electron chi connectivity index (χ3n) is 5.77. The van der Waals surface area contributed by atoms with Crippen LogP contribution in [0.3, 0.4) is 0 Å². The summed E-state index contributed by atoms with van der Waals surface area (Å²) in [5, 5.41) is -1.91. The minimum Gasteiger partial charge on any atom is -0.497 e. The summed E-state index contributed by atoms with van der Waals surface area (Å²) in [4.78, 5) is 28.3. The molecule has 1 atom stereocenters. The van der Waals surface area contributed by atoms with Crippen LogP contribution in [0.5, 0.6) is 23.0 Å². The van der Waals surface area contributed by atoms with E-state index in [1.807, 2.05) is 20.8 Å². The zero-order valence-electron chi connectivity index (χ0n) is 21.1. The summed E-state index contributed by atoms with van der Waals surface area (Å²) in [6, 6.07) is 9.40. The molecule has 2 rings (SSSR count). The number of benzene rings is 2. The van der Waals surface area contributed by atoms with Gasteiger partial charge in [-0.1, -0.05) is 27.7 Å². The maximum absolute atomic E-state index is 14.1. The van der Waals surface area contributed by atoms with Crippen LogP contribution in [0.4, 0.5) is 0 Å². The van der Waals surface area contributed by atoms with Crippen molar-refractivity contribution in [2.45, 2.75) is 39.3 Å². The van der Waals surface area contributed by atoms with E-state index in [2.05, 4.69) is 0 Å². The second-order valence-electron chi connectivity index (χ2n) is 9.31. The molecule has 34 heavy (non-hydrogen) atoms. The van der Waals surface area contributed by atoms with E-state index in [0.717, 1.165) is 0 Å². The summed E-state index contributed by atoms with van der Waals surface area (Å²) < 4.78 is 34.3. The highest BCUT2D eigenvalue weighted by Crippen LogP contribution is 2.46. The number of carbonyl (C=O) groups is 2. The highest BCUT2D eigenvalue weighted by molar-refractivity contribution is 7.30. The lowest BCUT2D eigenvalue weighted by molar-refractivity contribution is 0.0768. The van der Waals surface area contributed by atoms with Gasteiger partial charge in [0, 0.05) is 12.1 Å². The van der Waals surface area contributed by atoms with E-state index in [-0.39, 0.29) is 28.0 Å². The van der Waals surface area contributed by atoms with Gasteiger partial charge in [-0.25, -0.2) is 0 Å². The van der Waals surface area contributed by atoms with Gasteiger partial charge < -0.3 is 18.9 Å². The number of ether oxygens (including phenoxy) is 4. The monoisotopic (exact) mass is 488 g/mol. The average Bonchev–Trinajstić information content (AvgIpc) is 2.82. The Morgan fingerprint density at radius 2 is 1.21 bits per heavy atom. The molecule has 0 saturated carbocycles. The zero-order valence-corrected chi connectivity index (χ0v) is 21.9. The van der Waals surface area contributed by atoms with Gasteiger partial charge in [-0.05, 0) is 42.0 Å². The number of carbonyl (C=O) groups excluding carboxylic acids is 2. The fraction of sp³-hybridized carbons (Fsp3) is 0.462. The predicted molar refractivity (Wildman–Crippen MR) is 131 cm³/mol.